The number of rotatable bonds is 4. The Morgan fingerprint density at radius 1 is 1.12 bits per heavy atom. The number of carbonyl (C=O) groups excluding carboxylic acids is 1. The van der Waals surface area contributed by atoms with E-state index in [2.05, 4.69) is 4.98 Å². The molecule has 1 aromatic heterocycles. The van der Waals surface area contributed by atoms with Crippen LogP contribution in [0.25, 0.3) is 0 Å². The van der Waals surface area contributed by atoms with Gasteiger partial charge >= 0.3 is 6.09 Å². The fourth-order valence-electron chi connectivity index (χ4n) is 3.94. The van der Waals surface area contributed by atoms with Gasteiger partial charge in [-0.2, -0.15) is 4.39 Å². The van der Waals surface area contributed by atoms with Crippen molar-refractivity contribution in [1.29, 1.82) is 0 Å². The van der Waals surface area contributed by atoms with E-state index in [1.54, 1.807) is 17.0 Å². The molecule has 1 saturated carbocycles. The van der Waals surface area contributed by atoms with Gasteiger partial charge in [0.25, 0.3) is 5.95 Å². The van der Waals surface area contributed by atoms with Crippen molar-refractivity contribution in [2.75, 3.05) is 13.1 Å². The molecule has 0 radical (unpaired) electrons. The van der Waals surface area contributed by atoms with Crippen molar-refractivity contribution < 1.29 is 18.7 Å². The molecule has 6 heteroatoms. The van der Waals surface area contributed by atoms with Crippen LogP contribution in [0.2, 0.25) is 0 Å². The number of pyridine rings is 1. The highest BCUT2D eigenvalue weighted by molar-refractivity contribution is 5.68. The Bertz CT molecular complexity index is 757. The summed E-state index contributed by atoms with van der Waals surface area (Å²) >= 11 is 0. The zero-order chi connectivity index (χ0) is 17.9. The monoisotopic (exact) mass is 356 g/mol. The lowest BCUT2D eigenvalue weighted by atomic mass is 10.0. The second-order valence-corrected chi connectivity index (χ2v) is 6.97. The zero-order valence-corrected chi connectivity index (χ0v) is 14.4. The molecular formula is C20H21FN2O3. The SMILES string of the molecule is O=C(OCc1ccccc1)N1C[C@H]2C[C@H](Oc3cccnc3F)C[C@H]2C1. The van der Waals surface area contributed by atoms with E-state index in [4.69, 9.17) is 9.47 Å². The molecule has 0 bridgehead atoms. The van der Waals surface area contributed by atoms with Gasteiger partial charge in [-0.05, 0) is 42.4 Å². The van der Waals surface area contributed by atoms with Crippen molar-refractivity contribution >= 4 is 6.09 Å². The van der Waals surface area contributed by atoms with Crippen molar-refractivity contribution in [1.82, 2.24) is 9.88 Å². The van der Waals surface area contributed by atoms with Gasteiger partial charge in [0, 0.05) is 19.3 Å². The minimum atomic E-state index is -0.573. The maximum Gasteiger partial charge on any atom is 0.410 e. The van der Waals surface area contributed by atoms with Gasteiger partial charge < -0.3 is 14.4 Å². The van der Waals surface area contributed by atoms with Crippen LogP contribution in [0.4, 0.5) is 9.18 Å². The molecule has 1 amide bonds. The smallest absolute Gasteiger partial charge is 0.410 e. The number of nitrogens with zero attached hydrogens (tertiary/aromatic N) is 2. The molecule has 136 valence electrons. The fraction of sp³-hybridized carbons (Fsp3) is 0.400. The number of fused-ring (bicyclic) bond motifs is 1. The van der Waals surface area contributed by atoms with E-state index in [9.17, 15) is 9.18 Å². The van der Waals surface area contributed by atoms with Gasteiger partial charge in [-0.15, -0.1) is 0 Å². The summed E-state index contributed by atoms with van der Waals surface area (Å²) in [6.07, 6.45) is 2.76. The van der Waals surface area contributed by atoms with Crippen LogP contribution >= 0.6 is 0 Å². The van der Waals surface area contributed by atoms with Crippen LogP contribution in [-0.4, -0.2) is 35.2 Å². The second kappa shape index (κ2) is 7.32. The fourth-order valence-corrected chi connectivity index (χ4v) is 3.94. The van der Waals surface area contributed by atoms with Crippen LogP contribution in [-0.2, 0) is 11.3 Å². The molecule has 0 unspecified atom stereocenters. The lowest BCUT2D eigenvalue weighted by Gasteiger charge is -2.20. The van der Waals surface area contributed by atoms with Crippen LogP contribution in [0.5, 0.6) is 5.75 Å². The lowest BCUT2D eigenvalue weighted by molar-refractivity contribution is 0.0983. The number of hydrogen-bond donors (Lipinski definition) is 0. The number of halogens is 1. The third kappa shape index (κ3) is 3.64. The van der Waals surface area contributed by atoms with Gasteiger partial charge in [0.2, 0.25) is 0 Å². The van der Waals surface area contributed by atoms with Gasteiger partial charge in [0.15, 0.2) is 5.75 Å². The van der Waals surface area contributed by atoms with Crippen LogP contribution < -0.4 is 4.74 Å². The maximum absolute atomic E-state index is 13.6. The summed E-state index contributed by atoms with van der Waals surface area (Å²) < 4.78 is 24.8. The molecule has 2 fully saturated rings. The normalized spacial score (nSPS) is 24.3. The first-order valence-electron chi connectivity index (χ1n) is 8.92. The predicted octanol–water partition coefficient (Wildman–Crippen LogP) is 3.65. The molecule has 1 saturated heterocycles. The second-order valence-electron chi connectivity index (χ2n) is 6.97. The average molecular weight is 356 g/mol. The van der Waals surface area contributed by atoms with E-state index < -0.39 is 5.95 Å². The number of likely N-dealkylation sites (tertiary alicyclic amines) is 1. The van der Waals surface area contributed by atoms with E-state index >= 15 is 0 Å². The van der Waals surface area contributed by atoms with E-state index in [1.165, 1.54) is 6.20 Å². The highest BCUT2D eigenvalue weighted by atomic mass is 19.1. The summed E-state index contributed by atoms with van der Waals surface area (Å²) in [4.78, 5) is 17.7. The zero-order valence-electron chi connectivity index (χ0n) is 14.4. The Hall–Kier alpha value is -2.63. The lowest BCUT2D eigenvalue weighted by Crippen LogP contribution is -2.31. The molecule has 4 rings (SSSR count). The Morgan fingerprint density at radius 2 is 1.85 bits per heavy atom. The first kappa shape index (κ1) is 16.8. The van der Waals surface area contributed by atoms with Crippen LogP contribution in [0.1, 0.15) is 18.4 Å². The summed E-state index contributed by atoms with van der Waals surface area (Å²) in [6.45, 7) is 1.64. The van der Waals surface area contributed by atoms with Gasteiger partial charge in [-0.3, -0.25) is 0 Å². The van der Waals surface area contributed by atoms with Gasteiger partial charge in [0.1, 0.15) is 6.61 Å². The number of benzene rings is 1. The summed E-state index contributed by atoms with van der Waals surface area (Å²) in [5, 5.41) is 0. The third-order valence-corrected chi connectivity index (χ3v) is 5.19. The molecule has 26 heavy (non-hydrogen) atoms. The highest BCUT2D eigenvalue weighted by Crippen LogP contribution is 2.40. The van der Waals surface area contributed by atoms with Crippen LogP contribution in [0.15, 0.2) is 48.7 Å². The number of carbonyl (C=O) groups is 1. The van der Waals surface area contributed by atoms with Crippen molar-refractivity contribution in [2.45, 2.75) is 25.6 Å². The molecule has 2 aromatic rings. The van der Waals surface area contributed by atoms with Gasteiger partial charge in [-0.25, -0.2) is 9.78 Å². The molecule has 5 nitrogen and oxygen atoms in total. The summed E-state index contributed by atoms with van der Waals surface area (Å²) in [6, 6.07) is 12.9. The largest absolute Gasteiger partial charge is 0.486 e. The van der Waals surface area contributed by atoms with Crippen LogP contribution in [0.3, 0.4) is 0 Å². The number of aromatic nitrogens is 1. The molecule has 1 aliphatic carbocycles. The third-order valence-electron chi connectivity index (χ3n) is 5.19. The summed E-state index contributed by atoms with van der Waals surface area (Å²) in [5.74, 6) is 0.389. The molecule has 0 spiro atoms. The van der Waals surface area contributed by atoms with E-state index in [1.807, 2.05) is 30.3 Å². The summed E-state index contributed by atoms with van der Waals surface area (Å²) in [7, 11) is 0. The van der Waals surface area contributed by atoms with Crippen molar-refractivity contribution in [3.63, 3.8) is 0 Å². The number of hydrogen-bond acceptors (Lipinski definition) is 4. The molecule has 3 atom stereocenters. The first-order chi connectivity index (χ1) is 12.7. The van der Waals surface area contributed by atoms with Gasteiger partial charge in [0.05, 0.1) is 6.10 Å². The van der Waals surface area contributed by atoms with E-state index in [0.29, 0.717) is 24.9 Å². The van der Waals surface area contributed by atoms with Crippen molar-refractivity contribution in [3.8, 4) is 5.75 Å². The minimum Gasteiger partial charge on any atom is -0.486 e. The van der Waals surface area contributed by atoms with Crippen LogP contribution in [0, 0.1) is 17.8 Å². The number of ether oxygens (including phenoxy) is 2. The quantitative estimate of drug-likeness (QED) is 0.785. The molecule has 1 aromatic carbocycles. The molecule has 2 heterocycles. The predicted molar refractivity (Wildman–Crippen MR) is 93.0 cm³/mol. The molecule has 2 aliphatic rings. The van der Waals surface area contributed by atoms with E-state index in [-0.39, 0.29) is 24.6 Å². The molecular weight excluding hydrogens is 335 g/mol. The van der Waals surface area contributed by atoms with E-state index in [0.717, 1.165) is 18.4 Å². The Kier molecular flexibility index (Phi) is 4.73. The molecule has 0 N–H and O–H groups in total. The first-order valence-corrected chi connectivity index (χ1v) is 8.92. The standard InChI is InChI=1S/C20H21FN2O3/c21-19-18(7-4-8-22-19)26-17-9-15-11-23(12-16(15)10-17)20(24)25-13-14-5-2-1-3-6-14/h1-8,15-17H,9-13H2/t15-,16+,17+. The summed E-state index contributed by atoms with van der Waals surface area (Å²) in [5.41, 5.74) is 0.979. The van der Waals surface area contributed by atoms with Gasteiger partial charge in [-0.1, -0.05) is 30.3 Å². The minimum absolute atomic E-state index is 0.0220. The maximum atomic E-state index is 13.6. The Balaban J connectivity index is 1.27. The highest BCUT2D eigenvalue weighted by Gasteiger charge is 2.43. The topological polar surface area (TPSA) is 51.7 Å². The Labute approximate surface area is 151 Å². The van der Waals surface area contributed by atoms with Crippen molar-refractivity contribution in [3.05, 3.63) is 60.2 Å². The number of amides is 1. The Morgan fingerprint density at radius 3 is 2.54 bits per heavy atom. The molecule has 1 aliphatic heterocycles. The van der Waals surface area contributed by atoms with Crippen molar-refractivity contribution in [2.24, 2.45) is 11.8 Å². The average Bonchev–Trinajstić information content (AvgIpc) is 3.21.